The van der Waals surface area contributed by atoms with Crippen LogP contribution in [-0.4, -0.2) is 31.1 Å². The first kappa shape index (κ1) is 14.7. The number of fused-ring (bicyclic) bond motifs is 1. The van der Waals surface area contributed by atoms with Crippen molar-refractivity contribution in [2.45, 2.75) is 32.1 Å². The third-order valence-electron chi connectivity index (χ3n) is 4.53. The van der Waals surface area contributed by atoms with E-state index in [0.717, 1.165) is 42.2 Å². The summed E-state index contributed by atoms with van der Waals surface area (Å²) < 4.78 is 0. The van der Waals surface area contributed by atoms with Crippen LogP contribution in [0.15, 0.2) is 31.0 Å². The lowest BCUT2D eigenvalue weighted by Crippen LogP contribution is -2.24. The topological polar surface area (TPSA) is 96.5 Å². The second-order valence-corrected chi connectivity index (χ2v) is 6.15. The minimum absolute atomic E-state index is 0.0636. The molecule has 0 radical (unpaired) electrons. The average molecular weight is 322 g/mol. The molecule has 1 aliphatic carbocycles. The van der Waals surface area contributed by atoms with Crippen molar-refractivity contribution in [3.63, 3.8) is 0 Å². The summed E-state index contributed by atoms with van der Waals surface area (Å²) >= 11 is 0. The van der Waals surface area contributed by atoms with Crippen LogP contribution in [-0.2, 0) is 4.79 Å². The van der Waals surface area contributed by atoms with Crippen LogP contribution in [0.4, 0.5) is 5.82 Å². The highest BCUT2D eigenvalue weighted by Gasteiger charge is 2.22. The lowest BCUT2D eigenvalue weighted by Gasteiger charge is -2.20. The van der Waals surface area contributed by atoms with Gasteiger partial charge in [-0.05, 0) is 18.9 Å². The second kappa shape index (κ2) is 6.35. The number of anilines is 1. The number of hydrogen-bond acceptors (Lipinski definition) is 5. The SMILES string of the molecule is O=C(Nc1[nH]nc2ncc(-c3cncnc3)cc12)C1CCCCC1. The molecule has 0 aromatic carbocycles. The number of amides is 1. The number of aromatic nitrogens is 5. The molecule has 0 aliphatic heterocycles. The zero-order valence-electron chi connectivity index (χ0n) is 13.2. The van der Waals surface area contributed by atoms with Gasteiger partial charge in [-0.2, -0.15) is 5.10 Å². The van der Waals surface area contributed by atoms with E-state index in [9.17, 15) is 4.79 Å². The fraction of sp³-hybridized carbons (Fsp3) is 0.353. The van der Waals surface area contributed by atoms with Gasteiger partial charge in [0.05, 0.1) is 5.39 Å². The van der Waals surface area contributed by atoms with Gasteiger partial charge in [0.25, 0.3) is 0 Å². The summed E-state index contributed by atoms with van der Waals surface area (Å²) in [6, 6.07) is 1.95. The number of carbonyl (C=O) groups excluding carboxylic acids is 1. The Morgan fingerprint density at radius 1 is 1.08 bits per heavy atom. The third kappa shape index (κ3) is 2.84. The van der Waals surface area contributed by atoms with Gasteiger partial charge in [0.15, 0.2) is 5.65 Å². The van der Waals surface area contributed by atoms with Gasteiger partial charge in [-0.15, -0.1) is 0 Å². The number of hydrogen-bond donors (Lipinski definition) is 2. The molecule has 3 aromatic heterocycles. The predicted octanol–water partition coefficient (Wildman–Crippen LogP) is 2.93. The van der Waals surface area contributed by atoms with Crippen LogP contribution in [0.5, 0.6) is 0 Å². The number of rotatable bonds is 3. The van der Waals surface area contributed by atoms with E-state index in [4.69, 9.17) is 0 Å². The molecule has 3 heterocycles. The summed E-state index contributed by atoms with van der Waals surface area (Å²) in [5, 5.41) is 10.8. The highest BCUT2D eigenvalue weighted by molar-refractivity contribution is 6.00. The minimum atomic E-state index is 0.0636. The monoisotopic (exact) mass is 322 g/mol. The lowest BCUT2D eigenvalue weighted by atomic mass is 9.89. The van der Waals surface area contributed by atoms with Crippen molar-refractivity contribution in [1.82, 2.24) is 25.1 Å². The van der Waals surface area contributed by atoms with E-state index in [0.29, 0.717) is 11.5 Å². The van der Waals surface area contributed by atoms with E-state index < -0.39 is 0 Å². The number of nitrogens with one attached hydrogen (secondary N) is 2. The molecule has 1 saturated carbocycles. The van der Waals surface area contributed by atoms with Crippen LogP contribution in [0, 0.1) is 5.92 Å². The van der Waals surface area contributed by atoms with Gasteiger partial charge in [0, 0.05) is 35.6 Å². The minimum Gasteiger partial charge on any atom is -0.310 e. The first-order valence-electron chi connectivity index (χ1n) is 8.21. The maximum atomic E-state index is 12.5. The fourth-order valence-corrected chi connectivity index (χ4v) is 3.19. The van der Waals surface area contributed by atoms with Crippen molar-refractivity contribution in [3.05, 3.63) is 31.0 Å². The van der Waals surface area contributed by atoms with E-state index >= 15 is 0 Å². The fourth-order valence-electron chi connectivity index (χ4n) is 3.19. The molecule has 3 aromatic rings. The Kier molecular flexibility index (Phi) is 3.90. The molecule has 0 unspecified atom stereocenters. The Bertz CT molecular complexity index is 854. The van der Waals surface area contributed by atoms with E-state index in [1.807, 2.05) is 6.07 Å². The molecular formula is C17H18N6O. The van der Waals surface area contributed by atoms with Gasteiger partial charge in [-0.25, -0.2) is 15.0 Å². The van der Waals surface area contributed by atoms with Gasteiger partial charge < -0.3 is 5.32 Å². The Balaban J connectivity index is 1.62. The Labute approximate surface area is 138 Å². The maximum Gasteiger partial charge on any atom is 0.228 e. The molecule has 1 amide bonds. The molecule has 0 saturated heterocycles. The van der Waals surface area contributed by atoms with E-state index in [2.05, 4.69) is 30.5 Å². The molecule has 1 fully saturated rings. The Morgan fingerprint density at radius 3 is 2.67 bits per heavy atom. The van der Waals surface area contributed by atoms with Crippen molar-refractivity contribution in [2.75, 3.05) is 5.32 Å². The number of carbonyl (C=O) groups is 1. The molecular weight excluding hydrogens is 304 g/mol. The summed E-state index contributed by atoms with van der Waals surface area (Å²) in [6.45, 7) is 0. The largest absolute Gasteiger partial charge is 0.310 e. The molecule has 24 heavy (non-hydrogen) atoms. The average Bonchev–Trinajstić information content (AvgIpc) is 3.05. The molecule has 7 nitrogen and oxygen atoms in total. The van der Waals surface area contributed by atoms with Crippen molar-refractivity contribution >= 4 is 22.8 Å². The third-order valence-corrected chi connectivity index (χ3v) is 4.53. The number of aromatic amines is 1. The van der Waals surface area contributed by atoms with Gasteiger partial charge in [0.1, 0.15) is 12.1 Å². The Hall–Kier alpha value is -2.83. The quantitative estimate of drug-likeness (QED) is 0.773. The molecule has 0 spiro atoms. The van der Waals surface area contributed by atoms with E-state index in [-0.39, 0.29) is 11.8 Å². The predicted molar refractivity (Wildman–Crippen MR) is 90.1 cm³/mol. The number of pyridine rings is 1. The van der Waals surface area contributed by atoms with Crippen LogP contribution >= 0.6 is 0 Å². The van der Waals surface area contributed by atoms with Crippen LogP contribution in [0.3, 0.4) is 0 Å². The molecule has 2 N–H and O–H groups in total. The molecule has 4 rings (SSSR count). The molecule has 122 valence electrons. The van der Waals surface area contributed by atoms with E-state index in [1.54, 1.807) is 18.6 Å². The summed E-state index contributed by atoms with van der Waals surface area (Å²) in [5.41, 5.74) is 2.34. The van der Waals surface area contributed by atoms with Gasteiger partial charge in [-0.3, -0.25) is 9.89 Å². The lowest BCUT2D eigenvalue weighted by molar-refractivity contribution is -0.120. The standard InChI is InChI=1S/C17H18N6O/c24-17(11-4-2-1-3-5-11)21-16-14-6-12(9-20-15(14)22-23-16)13-7-18-10-19-8-13/h6-11H,1-5H2,(H2,20,21,22,23,24). The second-order valence-electron chi connectivity index (χ2n) is 6.15. The van der Waals surface area contributed by atoms with Crippen LogP contribution in [0.1, 0.15) is 32.1 Å². The first-order valence-corrected chi connectivity index (χ1v) is 8.21. The molecule has 7 heteroatoms. The Morgan fingerprint density at radius 2 is 1.88 bits per heavy atom. The number of H-pyrrole nitrogens is 1. The van der Waals surface area contributed by atoms with Crippen molar-refractivity contribution in [2.24, 2.45) is 5.92 Å². The first-order chi connectivity index (χ1) is 11.8. The summed E-state index contributed by atoms with van der Waals surface area (Å²) in [6.07, 6.45) is 12.1. The summed E-state index contributed by atoms with van der Waals surface area (Å²) in [5.74, 6) is 0.760. The molecule has 1 aliphatic rings. The normalized spacial score (nSPS) is 15.5. The van der Waals surface area contributed by atoms with Crippen molar-refractivity contribution < 1.29 is 4.79 Å². The molecule has 0 atom stereocenters. The highest BCUT2D eigenvalue weighted by Crippen LogP contribution is 2.28. The zero-order valence-corrected chi connectivity index (χ0v) is 13.2. The summed E-state index contributed by atoms with van der Waals surface area (Å²) in [7, 11) is 0. The van der Waals surface area contributed by atoms with Crippen LogP contribution in [0.2, 0.25) is 0 Å². The van der Waals surface area contributed by atoms with Crippen LogP contribution in [0.25, 0.3) is 22.2 Å². The smallest absolute Gasteiger partial charge is 0.228 e. The van der Waals surface area contributed by atoms with Gasteiger partial charge >= 0.3 is 0 Å². The highest BCUT2D eigenvalue weighted by atomic mass is 16.2. The number of nitrogens with zero attached hydrogens (tertiary/aromatic N) is 4. The van der Waals surface area contributed by atoms with Crippen molar-refractivity contribution in [3.8, 4) is 11.1 Å². The van der Waals surface area contributed by atoms with Crippen LogP contribution < -0.4 is 5.32 Å². The zero-order chi connectivity index (χ0) is 16.4. The van der Waals surface area contributed by atoms with E-state index in [1.165, 1.54) is 12.7 Å². The molecule has 0 bridgehead atoms. The van der Waals surface area contributed by atoms with Gasteiger partial charge in [-0.1, -0.05) is 19.3 Å². The summed E-state index contributed by atoms with van der Waals surface area (Å²) in [4.78, 5) is 24.9. The van der Waals surface area contributed by atoms with Crippen molar-refractivity contribution in [1.29, 1.82) is 0 Å². The maximum absolute atomic E-state index is 12.5. The van der Waals surface area contributed by atoms with Gasteiger partial charge in [0.2, 0.25) is 5.91 Å².